The monoisotopic (exact) mass is 402 g/mol. The second-order valence-corrected chi connectivity index (χ2v) is 7.54. The van der Waals surface area contributed by atoms with Crippen molar-refractivity contribution in [2.45, 2.75) is 13.5 Å². The average molecular weight is 402 g/mol. The van der Waals surface area contributed by atoms with Crippen LogP contribution in [0.3, 0.4) is 0 Å². The molecule has 0 saturated carbocycles. The van der Waals surface area contributed by atoms with Crippen LogP contribution in [0.5, 0.6) is 5.75 Å². The van der Waals surface area contributed by atoms with Crippen LogP contribution in [0, 0.1) is 0 Å². The standard InChI is InChI=1S/C23H18N2O3S/c1-15(26)24-23-25-22(27)21(29-23)13-16-9-11-19(12-10-16)28-14-18-7-4-6-17-5-2-3-8-20(17)18/h2-13H,14H2,1H3,(H,24,25,26,27). The molecule has 3 aromatic rings. The number of hydrogen-bond donors (Lipinski definition) is 1. The van der Waals surface area contributed by atoms with Crippen molar-refractivity contribution in [2.24, 2.45) is 4.99 Å². The van der Waals surface area contributed by atoms with Crippen molar-refractivity contribution < 1.29 is 14.3 Å². The predicted octanol–water partition coefficient (Wildman–Crippen LogP) is 4.53. The molecule has 29 heavy (non-hydrogen) atoms. The molecular weight excluding hydrogens is 384 g/mol. The molecule has 1 N–H and O–H groups in total. The normalized spacial score (nSPS) is 14.9. The number of aliphatic imine (C=N–C) groups is 1. The molecule has 0 radical (unpaired) electrons. The highest BCUT2D eigenvalue weighted by Crippen LogP contribution is 2.28. The first-order valence-electron chi connectivity index (χ1n) is 9.08. The van der Waals surface area contributed by atoms with E-state index in [2.05, 4.69) is 34.6 Å². The third-order valence-electron chi connectivity index (χ3n) is 4.36. The van der Waals surface area contributed by atoms with Crippen LogP contribution < -0.4 is 10.1 Å². The summed E-state index contributed by atoms with van der Waals surface area (Å²) < 4.78 is 5.94. The van der Waals surface area contributed by atoms with Crippen molar-refractivity contribution in [1.82, 2.24) is 5.32 Å². The molecule has 1 aliphatic rings. The number of carbonyl (C=O) groups is 2. The highest BCUT2D eigenvalue weighted by Gasteiger charge is 2.22. The first-order valence-corrected chi connectivity index (χ1v) is 9.90. The molecule has 1 aliphatic heterocycles. The minimum absolute atomic E-state index is 0.252. The zero-order chi connectivity index (χ0) is 20.2. The fourth-order valence-electron chi connectivity index (χ4n) is 3.00. The van der Waals surface area contributed by atoms with Gasteiger partial charge < -0.3 is 10.1 Å². The molecule has 0 bridgehead atoms. The molecule has 4 rings (SSSR count). The summed E-state index contributed by atoms with van der Waals surface area (Å²) in [5.74, 6) is 0.147. The van der Waals surface area contributed by atoms with E-state index in [1.807, 2.05) is 42.5 Å². The van der Waals surface area contributed by atoms with E-state index in [4.69, 9.17) is 4.74 Å². The van der Waals surface area contributed by atoms with E-state index in [-0.39, 0.29) is 11.8 Å². The number of hydrogen-bond acceptors (Lipinski definition) is 4. The third kappa shape index (κ3) is 4.55. The number of rotatable bonds is 4. The van der Waals surface area contributed by atoms with E-state index in [1.54, 1.807) is 6.08 Å². The molecule has 2 amide bonds. The molecule has 0 unspecified atom stereocenters. The Morgan fingerprint density at radius 2 is 1.83 bits per heavy atom. The van der Waals surface area contributed by atoms with E-state index in [0.29, 0.717) is 16.7 Å². The van der Waals surface area contributed by atoms with Gasteiger partial charge in [0.2, 0.25) is 5.91 Å². The van der Waals surface area contributed by atoms with Gasteiger partial charge in [0.05, 0.1) is 4.91 Å². The van der Waals surface area contributed by atoms with Gasteiger partial charge in [-0.25, -0.2) is 0 Å². The maximum Gasteiger partial charge on any atom is 0.286 e. The zero-order valence-electron chi connectivity index (χ0n) is 15.7. The SMILES string of the molecule is CC(=O)NC1=NC(=O)C(=Cc2ccc(OCc3cccc4ccccc34)cc2)S1. The van der Waals surface area contributed by atoms with Gasteiger partial charge in [0.25, 0.3) is 5.91 Å². The fraction of sp³-hybridized carbons (Fsp3) is 0.0870. The lowest BCUT2D eigenvalue weighted by molar-refractivity contribution is -0.117. The van der Waals surface area contributed by atoms with Gasteiger partial charge in [0, 0.05) is 6.92 Å². The quantitative estimate of drug-likeness (QED) is 0.652. The highest BCUT2D eigenvalue weighted by molar-refractivity contribution is 8.18. The van der Waals surface area contributed by atoms with Crippen molar-refractivity contribution in [1.29, 1.82) is 0 Å². The lowest BCUT2D eigenvalue weighted by Crippen LogP contribution is -2.23. The number of amidine groups is 1. The maximum absolute atomic E-state index is 12.0. The number of ether oxygens (including phenoxy) is 1. The number of nitrogens with zero attached hydrogens (tertiary/aromatic N) is 1. The molecular formula is C23H18N2O3S. The molecule has 3 aromatic carbocycles. The van der Waals surface area contributed by atoms with Crippen molar-refractivity contribution in [3.63, 3.8) is 0 Å². The van der Waals surface area contributed by atoms with Crippen molar-refractivity contribution in [3.8, 4) is 5.75 Å². The molecule has 0 aliphatic carbocycles. The Hall–Kier alpha value is -3.38. The number of nitrogens with one attached hydrogen (secondary N) is 1. The Labute approximate surface area is 172 Å². The second-order valence-electron chi connectivity index (χ2n) is 6.51. The molecule has 144 valence electrons. The Bertz CT molecular complexity index is 1150. The second kappa shape index (κ2) is 8.32. The van der Waals surface area contributed by atoms with E-state index in [9.17, 15) is 9.59 Å². The van der Waals surface area contributed by atoms with Crippen LogP contribution in [0.2, 0.25) is 0 Å². The summed E-state index contributed by atoms with van der Waals surface area (Å²) >= 11 is 1.15. The summed E-state index contributed by atoms with van der Waals surface area (Å²) in [5, 5.41) is 5.22. The predicted molar refractivity (Wildman–Crippen MR) is 117 cm³/mol. The minimum atomic E-state index is -0.352. The van der Waals surface area contributed by atoms with Gasteiger partial charge in [-0.2, -0.15) is 4.99 Å². The van der Waals surface area contributed by atoms with Gasteiger partial charge in [0.15, 0.2) is 5.17 Å². The molecule has 0 aromatic heterocycles. The summed E-state index contributed by atoms with van der Waals surface area (Å²) in [6.45, 7) is 1.86. The molecule has 1 heterocycles. The molecule has 0 spiro atoms. The lowest BCUT2D eigenvalue weighted by Gasteiger charge is -2.09. The van der Waals surface area contributed by atoms with Gasteiger partial charge in [-0.3, -0.25) is 9.59 Å². The molecule has 5 nitrogen and oxygen atoms in total. The van der Waals surface area contributed by atoms with Gasteiger partial charge >= 0.3 is 0 Å². The smallest absolute Gasteiger partial charge is 0.286 e. The van der Waals surface area contributed by atoms with E-state index in [1.165, 1.54) is 17.7 Å². The van der Waals surface area contributed by atoms with Crippen LogP contribution in [0.4, 0.5) is 0 Å². The van der Waals surface area contributed by atoms with Crippen LogP contribution in [-0.4, -0.2) is 17.0 Å². The Balaban J connectivity index is 1.42. The van der Waals surface area contributed by atoms with E-state index >= 15 is 0 Å². The summed E-state index contributed by atoms with van der Waals surface area (Å²) in [5.41, 5.74) is 1.99. The first-order chi connectivity index (χ1) is 14.1. The minimum Gasteiger partial charge on any atom is -0.489 e. The topological polar surface area (TPSA) is 67.8 Å². The maximum atomic E-state index is 12.0. The van der Waals surface area contributed by atoms with E-state index < -0.39 is 0 Å². The summed E-state index contributed by atoms with van der Waals surface area (Å²) in [4.78, 5) is 27.3. The molecule has 0 atom stereocenters. The van der Waals surface area contributed by atoms with Gasteiger partial charge in [-0.1, -0.05) is 54.6 Å². The summed E-state index contributed by atoms with van der Waals surface area (Å²) in [7, 11) is 0. The van der Waals surface area contributed by atoms with Gasteiger partial charge in [0.1, 0.15) is 12.4 Å². The number of thioether (sulfide) groups is 1. The Morgan fingerprint density at radius 1 is 1.07 bits per heavy atom. The largest absolute Gasteiger partial charge is 0.489 e. The zero-order valence-corrected chi connectivity index (χ0v) is 16.5. The Morgan fingerprint density at radius 3 is 2.62 bits per heavy atom. The van der Waals surface area contributed by atoms with E-state index in [0.717, 1.165) is 28.6 Å². The van der Waals surface area contributed by atoms with Crippen molar-refractivity contribution in [3.05, 3.63) is 82.8 Å². The molecule has 0 saturated heterocycles. The average Bonchev–Trinajstić information content (AvgIpc) is 3.05. The van der Waals surface area contributed by atoms with Gasteiger partial charge in [-0.15, -0.1) is 0 Å². The van der Waals surface area contributed by atoms with Crippen LogP contribution >= 0.6 is 11.8 Å². The van der Waals surface area contributed by atoms with Crippen LogP contribution in [-0.2, 0) is 16.2 Å². The summed E-state index contributed by atoms with van der Waals surface area (Å²) in [6.07, 6.45) is 1.75. The van der Waals surface area contributed by atoms with Crippen molar-refractivity contribution >= 4 is 45.6 Å². The summed E-state index contributed by atoms with van der Waals surface area (Å²) in [6, 6.07) is 21.9. The number of benzene rings is 3. The van der Waals surface area contributed by atoms with Crippen molar-refractivity contribution in [2.75, 3.05) is 0 Å². The number of carbonyl (C=O) groups excluding carboxylic acids is 2. The van der Waals surface area contributed by atoms with Crippen LogP contribution in [0.1, 0.15) is 18.1 Å². The first kappa shape index (κ1) is 19.0. The van der Waals surface area contributed by atoms with Crippen LogP contribution in [0.15, 0.2) is 76.6 Å². The lowest BCUT2D eigenvalue weighted by atomic mass is 10.1. The fourth-order valence-corrected chi connectivity index (χ4v) is 3.86. The number of fused-ring (bicyclic) bond motifs is 1. The highest BCUT2D eigenvalue weighted by atomic mass is 32.2. The molecule has 0 fully saturated rings. The number of amides is 2. The third-order valence-corrected chi connectivity index (χ3v) is 5.25. The van der Waals surface area contributed by atoms with Crippen LogP contribution in [0.25, 0.3) is 16.8 Å². The Kier molecular flexibility index (Phi) is 5.44. The van der Waals surface area contributed by atoms with Gasteiger partial charge in [-0.05, 0) is 51.9 Å². The molecule has 6 heteroatoms.